The van der Waals surface area contributed by atoms with Crippen molar-refractivity contribution in [3.8, 4) is 11.8 Å². The number of amides is 1. The molecule has 0 fully saturated rings. The lowest BCUT2D eigenvalue weighted by atomic mass is 10.4. The lowest BCUT2D eigenvalue weighted by molar-refractivity contribution is -0.111. The second kappa shape index (κ2) is 4.63. The van der Waals surface area contributed by atoms with E-state index in [-0.39, 0.29) is 5.91 Å². The van der Waals surface area contributed by atoms with E-state index in [4.69, 9.17) is 0 Å². The molecular weight excluding hydrogens is 232 g/mol. The van der Waals surface area contributed by atoms with Crippen LogP contribution in [0.2, 0.25) is 0 Å². The molecule has 1 rings (SSSR count). The average Bonchev–Trinajstić information content (AvgIpc) is 2.04. The summed E-state index contributed by atoms with van der Waals surface area (Å²) in [5.41, 5.74) is 0.676. The zero-order chi connectivity index (χ0) is 9.68. The number of anilines is 1. The molecule has 1 N–H and O–H groups in total. The van der Waals surface area contributed by atoms with Crippen molar-refractivity contribution in [3.63, 3.8) is 0 Å². The van der Waals surface area contributed by atoms with Crippen molar-refractivity contribution in [3.05, 3.63) is 22.9 Å². The van der Waals surface area contributed by atoms with Crippen molar-refractivity contribution in [2.24, 2.45) is 0 Å². The quantitative estimate of drug-likeness (QED) is 0.599. The number of nitrogens with one attached hydrogen (secondary N) is 1. The summed E-state index contributed by atoms with van der Waals surface area (Å²) in [5, 5.41) is 2.60. The largest absolute Gasteiger partial charge is 0.315 e. The van der Waals surface area contributed by atoms with E-state index < -0.39 is 0 Å². The van der Waals surface area contributed by atoms with Crippen LogP contribution in [-0.4, -0.2) is 10.9 Å². The smallest absolute Gasteiger partial charge is 0.300 e. The van der Waals surface area contributed by atoms with E-state index in [9.17, 15) is 4.79 Å². The monoisotopic (exact) mass is 238 g/mol. The van der Waals surface area contributed by atoms with Gasteiger partial charge in [0.1, 0.15) is 4.60 Å². The van der Waals surface area contributed by atoms with E-state index in [1.165, 1.54) is 0 Å². The summed E-state index contributed by atoms with van der Waals surface area (Å²) in [5.74, 6) is 4.57. The molecule has 0 saturated heterocycles. The van der Waals surface area contributed by atoms with Gasteiger partial charge in [0.05, 0.1) is 0 Å². The molecule has 3 nitrogen and oxygen atoms in total. The van der Waals surface area contributed by atoms with Gasteiger partial charge < -0.3 is 5.32 Å². The van der Waals surface area contributed by atoms with Crippen LogP contribution in [0.4, 0.5) is 5.69 Å². The Hall–Kier alpha value is -1.34. The first-order valence-corrected chi connectivity index (χ1v) is 4.37. The molecule has 1 amide bonds. The van der Waals surface area contributed by atoms with Gasteiger partial charge in [0.25, 0.3) is 5.91 Å². The molecule has 1 aromatic rings. The Morgan fingerprint density at radius 1 is 1.69 bits per heavy atom. The van der Waals surface area contributed by atoms with Crippen molar-refractivity contribution >= 4 is 27.5 Å². The molecule has 0 aliphatic rings. The first kappa shape index (κ1) is 9.75. The van der Waals surface area contributed by atoms with Gasteiger partial charge in [-0.1, -0.05) is 5.92 Å². The molecule has 0 aromatic carbocycles. The minimum Gasteiger partial charge on any atom is -0.315 e. The topological polar surface area (TPSA) is 42.0 Å². The third-order valence-corrected chi connectivity index (χ3v) is 1.66. The predicted molar refractivity (Wildman–Crippen MR) is 54.0 cm³/mol. The number of aromatic nitrogens is 1. The molecule has 0 aliphatic carbocycles. The number of carbonyl (C=O) groups is 1. The standard InChI is InChI=1S/C9H7BrN2O/c1-2-3-9(13)12-7-4-5-11-8(10)6-7/h4-6H,1H3,(H,11,12,13). The number of nitrogens with zero attached hydrogens (tertiary/aromatic N) is 1. The second-order valence-corrected chi connectivity index (χ2v) is 3.01. The van der Waals surface area contributed by atoms with Crippen LogP contribution < -0.4 is 5.32 Å². The third-order valence-electron chi connectivity index (χ3n) is 1.22. The number of hydrogen-bond acceptors (Lipinski definition) is 2. The summed E-state index contributed by atoms with van der Waals surface area (Å²) in [6.45, 7) is 1.61. The molecular formula is C9H7BrN2O. The Morgan fingerprint density at radius 3 is 3.08 bits per heavy atom. The molecule has 66 valence electrons. The van der Waals surface area contributed by atoms with Crippen molar-refractivity contribution in [2.45, 2.75) is 6.92 Å². The van der Waals surface area contributed by atoms with Crippen molar-refractivity contribution in [2.75, 3.05) is 5.32 Å². The van der Waals surface area contributed by atoms with Crippen molar-refractivity contribution in [1.29, 1.82) is 0 Å². The van der Waals surface area contributed by atoms with E-state index in [1.54, 1.807) is 25.3 Å². The first-order chi connectivity index (χ1) is 6.22. The highest BCUT2D eigenvalue weighted by atomic mass is 79.9. The van der Waals surface area contributed by atoms with Gasteiger partial charge in [-0.05, 0) is 40.9 Å². The van der Waals surface area contributed by atoms with Gasteiger partial charge in [-0.15, -0.1) is 0 Å². The summed E-state index contributed by atoms with van der Waals surface area (Å²) >= 11 is 3.19. The van der Waals surface area contributed by atoms with Gasteiger partial charge in [0.15, 0.2) is 0 Å². The molecule has 0 radical (unpaired) electrons. The SMILES string of the molecule is CC#CC(=O)Nc1ccnc(Br)c1. The van der Waals surface area contributed by atoms with E-state index in [0.29, 0.717) is 10.3 Å². The molecule has 0 bridgehead atoms. The van der Waals surface area contributed by atoms with Crippen LogP contribution >= 0.6 is 15.9 Å². The van der Waals surface area contributed by atoms with Crippen LogP contribution in [-0.2, 0) is 4.79 Å². The minimum absolute atomic E-state index is 0.319. The normalized spacial score (nSPS) is 8.46. The molecule has 0 aliphatic heterocycles. The Kier molecular flexibility index (Phi) is 3.47. The Morgan fingerprint density at radius 2 is 2.46 bits per heavy atom. The van der Waals surface area contributed by atoms with Gasteiger partial charge in [-0.2, -0.15) is 0 Å². The molecule has 4 heteroatoms. The Bertz CT molecular complexity index is 379. The van der Waals surface area contributed by atoms with Gasteiger partial charge in [-0.3, -0.25) is 4.79 Å². The van der Waals surface area contributed by atoms with Crippen LogP contribution in [0.5, 0.6) is 0 Å². The van der Waals surface area contributed by atoms with Crippen LogP contribution in [0.3, 0.4) is 0 Å². The molecule has 1 aromatic heterocycles. The van der Waals surface area contributed by atoms with E-state index in [1.807, 2.05) is 0 Å². The van der Waals surface area contributed by atoms with Gasteiger partial charge in [-0.25, -0.2) is 4.98 Å². The lowest BCUT2D eigenvalue weighted by Gasteiger charge is -1.99. The van der Waals surface area contributed by atoms with Crippen molar-refractivity contribution < 1.29 is 4.79 Å². The van der Waals surface area contributed by atoms with Crippen LogP contribution in [0.25, 0.3) is 0 Å². The summed E-state index contributed by atoms with van der Waals surface area (Å²) in [6.07, 6.45) is 1.60. The zero-order valence-corrected chi connectivity index (χ0v) is 8.55. The van der Waals surface area contributed by atoms with Gasteiger partial charge >= 0.3 is 0 Å². The summed E-state index contributed by atoms with van der Waals surface area (Å²) in [4.78, 5) is 14.9. The highest BCUT2D eigenvalue weighted by Crippen LogP contribution is 2.11. The highest BCUT2D eigenvalue weighted by Gasteiger charge is 1.97. The number of hydrogen-bond donors (Lipinski definition) is 1. The van der Waals surface area contributed by atoms with Gasteiger partial charge in [0, 0.05) is 11.9 Å². The number of pyridine rings is 1. The highest BCUT2D eigenvalue weighted by molar-refractivity contribution is 9.10. The second-order valence-electron chi connectivity index (χ2n) is 2.20. The zero-order valence-electron chi connectivity index (χ0n) is 6.97. The first-order valence-electron chi connectivity index (χ1n) is 3.57. The fourth-order valence-corrected chi connectivity index (χ4v) is 1.12. The molecule has 0 saturated carbocycles. The van der Waals surface area contributed by atoms with E-state index in [2.05, 4.69) is 38.1 Å². The van der Waals surface area contributed by atoms with Crippen LogP contribution in [0, 0.1) is 11.8 Å². The van der Waals surface area contributed by atoms with E-state index >= 15 is 0 Å². The summed E-state index contributed by atoms with van der Waals surface area (Å²) in [6, 6.07) is 3.40. The number of halogens is 1. The molecule has 13 heavy (non-hydrogen) atoms. The summed E-state index contributed by atoms with van der Waals surface area (Å²) < 4.78 is 0.676. The molecule has 1 heterocycles. The Balaban J connectivity index is 2.73. The predicted octanol–water partition coefficient (Wildman–Crippen LogP) is 1.81. The molecule has 0 spiro atoms. The maximum atomic E-state index is 11.0. The number of rotatable bonds is 1. The maximum Gasteiger partial charge on any atom is 0.300 e. The fraction of sp³-hybridized carbons (Fsp3) is 0.111. The minimum atomic E-state index is -0.319. The maximum absolute atomic E-state index is 11.0. The van der Waals surface area contributed by atoms with E-state index in [0.717, 1.165) is 0 Å². The summed E-state index contributed by atoms with van der Waals surface area (Å²) in [7, 11) is 0. The van der Waals surface area contributed by atoms with Crippen LogP contribution in [0.1, 0.15) is 6.92 Å². The number of carbonyl (C=O) groups excluding carboxylic acids is 1. The fourth-order valence-electron chi connectivity index (χ4n) is 0.756. The third kappa shape index (κ3) is 3.26. The molecule has 0 unspecified atom stereocenters. The Labute approximate surface area is 84.7 Å². The lowest BCUT2D eigenvalue weighted by Crippen LogP contribution is -2.08. The van der Waals surface area contributed by atoms with Crippen molar-refractivity contribution in [1.82, 2.24) is 4.98 Å². The van der Waals surface area contributed by atoms with Crippen LogP contribution in [0.15, 0.2) is 22.9 Å². The molecule has 0 atom stereocenters. The van der Waals surface area contributed by atoms with Gasteiger partial charge in [0.2, 0.25) is 0 Å². The average molecular weight is 239 g/mol.